The van der Waals surface area contributed by atoms with E-state index in [1.165, 1.54) is 15.1 Å². The summed E-state index contributed by atoms with van der Waals surface area (Å²) < 4.78 is 34.9. The van der Waals surface area contributed by atoms with Gasteiger partial charge in [0.25, 0.3) is 10.0 Å². The van der Waals surface area contributed by atoms with Crippen LogP contribution in [0.3, 0.4) is 0 Å². The van der Waals surface area contributed by atoms with Crippen molar-refractivity contribution >= 4 is 26.6 Å². The Morgan fingerprint density at radius 1 is 0.970 bits per heavy atom. The quantitative estimate of drug-likeness (QED) is 0.420. The highest BCUT2D eigenvalue weighted by Crippen LogP contribution is 2.50. The van der Waals surface area contributed by atoms with Crippen LogP contribution in [0, 0.1) is 12.8 Å². The first-order valence-electron chi connectivity index (χ1n) is 11.4. The van der Waals surface area contributed by atoms with Gasteiger partial charge in [0.2, 0.25) is 0 Å². The van der Waals surface area contributed by atoms with Crippen LogP contribution in [-0.2, 0) is 14.8 Å². The van der Waals surface area contributed by atoms with Crippen molar-refractivity contribution in [3.05, 3.63) is 95.7 Å². The minimum atomic E-state index is -3.72. The smallest absolute Gasteiger partial charge is 0.268 e. The largest absolute Gasteiger partial charge is 0.377 e. The molecule has 0 amide bonds. The van der Waals surface area contributed by atoms with Gasteiger partial charge in [0.15, 0.2) is 0 Å². The number of aryl methyl sites for hydroxylation is 1. The lowest BCUT2D eigenvalue weighted by atomic mass is 9.77. The Labute approximate surface area is 194 Å². The van der Waals surface area contributed by atoms with Crippen molar-refractivity contribution < 1.29 is 13.2 Å². The summed E-state index contributed by atoms with van der Waals surface area (Å²) in [5, 5.41) is 4.70. The number of ether oxygens (including phenoxy) is 1. The van der Waals surface area contributed by atoms with E-state index >= 15 is 0 Å². The zero-order chi connectivity index (χ0) is 22.6. The zero-order valence-corrected chi connectivity index (χ0v) is 19.3. The molecule has 6 rings (SSSR count). The fourth-order valence-electron chi connectivity index (χ4n) is 5.43. The van der Waals surface area contributed by atoms with Crippen molar-refractivity contribution in [1.82, 2.24) is 3.97 Å². The summed E-state index contributed by atoms with van der Waals surface area (Å²) in [6.07, 6.45) is 3.85. The molecular weight excluding hydrogens is 432 g/mol. The van der Waals surface area contributed by atoms with E-state index < -0.39 is 10.0 Å². The summed E-state index contributed by atoms with van der Waals surface area (Å²) >= 11 is 0. The third kappa shape index (κ3) is 3.28. The number of hydrogen-bond donors (Lipinski definition) is 1. The topological polar surface area (TPSA) is 60.3 Å². The lowest BCUT2D eigenvalue weighted by Gasteiger charge is -2.43. The molecule has 2 aliphatic heterocycles. The van der Waals surface area contributed by atoms with E-state index in [-0.39, 0.29) is 23.0 Å². The molecule has 5 nitrogen and oxygen atoms in total. The Kier molecular flexibility index (Phi) is 4.82. The van der Waals surface area contributed by atoms with Gasteiger partial charge < -0.3 is 10.1 Å². The monoisotopic (exact) mass is 458 g/mol. The van der Waals surface area contributed by atoms with Crippen molar-refractivity contribution in [1.29, 1.82) is 0 Å². The average molecular weight is 459 g/mol. The summed E-state index contributed by atoms with van der Waals surface area (Å²) in [7, 11) is -3.72. The minimum Gasteiger partial charge on any atom is -0.377 e. The average Bonchev–Trinajstić information content (AvgIpc) is 3.25. The summed E-state index contributed by atoms with van der Waals surface area (Å²) in [5.41, 5.74) is 5.18. The standard InChI is InChI=1S/C27H26N2O3S/c1-18-13-14-24-22(16-18)27-21(11-7-15-32-27)26(28-24)23-17-29(25-12-6-5-10-20(23)25)33(30,31)19-8-3-2-4-9-19/h2-6,8-10,12-14,16-17,21,26-28H,7,11,15H2,1H3/t21-,26+,27-/m0/s1. The molecule has 1 saturated heterocycles. The van der Waals surface area contributed by atoms with Crippen molar-refractivity contribution in [2.45, 2.75) is 36.8 Å². The molecule has 3 atom stereocenters. The molecule has 2 aliphatic rings. The van der Waals surface area contributed by atoms with E-state index in [0.717, 1.165) is 36.1 Å². The summed E-state index contributed by atoms with van der Waals surface area (Å²) in [5.74, 6) is 0.228. The van der Waals surface area contributed by atoms with Gasteiger partial charge in [-0.3, -0.25) is 0 Å². The van der Waals surface area contributed by atoms with Gasteiger partial charge in [0.1, 0.15) is 0 Å². The first-order chi connectivity index (χ1) is 16.0. The van der Waals surface area contributed by atoms with Gasteiger partial charge in [0, 0.05) is 40.9 Å². The normalized spacial score (nSPS) is 22.4. The molecule has 33 heavy (non-hydrogen) atoms. The molecule has 4 aromatic rings. The Morgan fingerprint density at radius 3 is 2.61 bits per heavy atom. The minimum absolute atomic E-state index is 0.00717. The number of rotatable bonds is 3. The number of fused-ring (bicyclic) bond motifs is 4. The molecule has 1 N–H and O–H groups in total. The van der Waals surface area contributed by atoms with Crippen LogP contribution in [0.1, 0.15) is 41.7 Å². The van der Waals surface area contributed by atoms with Gasteiger partial charge in [-0.1, -0.05) is 54.1 Å². The van der Waals surface area contributed by atoms with Gasteiger partial charge in [-0.05, 0) is 44.0 Å². The molecule has 0 bridgehead atoms. The van der Waals surface area contributed by atoms with Crippen LogP contribution >= 0.6 is 0 Å². The number of para-hydroxylation sites is 1. The fourth-order valence-corrected chi connectivity index (χ4v) is 6.82. The second kappa shape index (κ2) is 7.75. The van der Waals surface area contributed by atoms with E-state index in [4.69, 9.17) is 4.74 Å². The third-order valence-electron chi connectivity index (χ3n) is 6.96. The first-order valence-corrected chi connectivity index (χ1v) is 12.9. The molecule has 0 saturated carbocycles. The number of hydrogen-bond acceptors (Lipinski definition) is 4. The van der Waals surface area contributed by atoms with Crippen molar-refractivity contribution in [2.24, 2.45) is 5.92 Å². The van der Waals surface area contributed by atoms with Crippen LogP contribution in [0.15, 0.2) is 83.9 Å². The van der Waals surface area contributed by atoms with E-state index in [1.54, 1.807) is 24.3 Å². The predicted octanol–water partition coefficient (Wildman–Crippen LogP) is 5.82. The van der Waals surface area contributed by atoms with Crippen LogP contribution < -0.4 is 5.32 Å². The van der Waals surface area contributed by atoms with Gasteiger partial charge in [0.05, 0.1) is 22.6 Å². The second-order valence-electron chi connectivity index (χ2n) is 9.03. The lowest BCUT2D eigenvalue weighted by molar-refractivity contribution is -0.0380. The van der Waals surface area contributed by atoms with E-state index in [0.29, 0.717) is 5.52 Å². The number of anilines is 1. The van der Waals surface area contributed by atoms with Crippen molar-refractivity contribution in [3.8, 4) is 0 Å². The number of nitrogens with one attached hydrogen (secondary N) is 1. The molecule has 1 aromatic heterocycles. The number of nitrogens with zero attached hydrogens (tertiary/aromatic N) is 1. The molecule has 0 radical (unpaired) electrons. The lowest BCUT2D eigenvalue weighted by Crippen LogP contribution is -2.36. The Hall–Kier alpha value is -3.09. The van der Waals surface area contributed by atoms with E-state index in [9.17, 15) is 8.42 Å². The highest BCUT2D eigenvalue weighted by molar-refractivity contribution is 7.90. The molecule has 0 aliphatic carbocycles. The summed E-state index contributed by atoms with van der Waals surface area (Å²) in [4.78, 5) is 0.286. The zero-order valence-electron chi connectivity index (χ0n) is 18.4. The molecule has 0 unspecified atom stereocenters. The maximum Gasteiger partial charge on any atom is 0.268 e. The van der Waals surface area contributed by atoms with Gasteiger partial charge >= 0.3 is 0 Å². The van der Waals surface area contributed by atoms with Gasteiger partial charge in [-0.15, -0.1) is 0 Å². The molecular formula is C27H26N2O3S. The molecule has 6 heteroatoms. The molecule has 3 aromatic carbocycles. The van der Waals surface area contributed by atoms with Gasteiger partial charge in [-0.2, -0.15) is 0 Å². The van der Waals surface area contributed by atoms with Crippen LogP contribution in [0.4, 0.5) is 5.69 Å². The SMILES string of the molecule is Cc1ccc2c(c1)[C@H]1OCCC[C@H]1[C@H](c1cn(S(=O)(=O)c3ccccc3)c3ccccc13)N2. The van der Waals surface area contributed by atoms with Crippen LogP contribution in [-0.4, -0.2) is 19.0 Å². The number of benzene rings is 3. The summed E-state index contributed by atoms with van der Waals surface area (Å²) in [6, 6.07) is 22.8. The molecule has 1 fully saturated rings. The van der Waals surface area contributed by atoms with Crippen molar-refractivity contribution in [2.75, 3.05) is 11.9 Å². The fraction of sp³-hybridized carbons (Fsp3) is 0.259. The maximum atomic E-state index is 13.6. The maximum absolute atomic E-state index is 13.6. The Morgan fingerprint density at radius 2 is 1.76 bits per heavy atom. The van der Waals surface area contributed by atoms with Crippen LogP contribution in [0.2, 0.25) is 0 Å². The van der Waals surface area contributed by atoms with E-state index in [2.05, 4.69) is 30.4 Å². The Bertz CT molecular complexity index is 1440. The Balaban J connectivity index is 1.53. The van der Waals surface area contributed by atoms with Crippen LogP contribution in [0.5, 0.6) is 0 Å². The summed E-state index contributed by atoms with van der Waals surface area (Å²) in [6.45, 7) is 2.86. The highest BCUT2D eigenvalue weighted by atomic mass is 32.2. The molecule has 168 valence electrons. The predicted molar refractivity (Wildman–Crippen MR) is 130 cm³/mol. The molecule has 3 heterocycles. The van der Waals surface area contributed by atoms with E-state index in [1.807, 2.05) is 36.5 Å². The first kappa shape index (κ1) is 20.5. The molecule has 0 spiro atoms. The highest BCUT2D eigenvalue weighted by Gasteiger charge is 2.41. The number of aromatic nitrogens is 1. The van der Waals surface area contributed by atoms with Crippen molar-refractivity contribution in [3.63, 3.8) is 0 Å². The van der Waals surface area contributed by atoms with Crippen LogP contribution in [0.25, 0.3) is 10.9 Å². The second-order valence-corrected chi connectivity index (χ2v) is 10.8. The third-order valence-corrected chi connectivity index (χ3v) is 8.65. The van der Waals surface area contributed by atoms with Gasteiger partial charge in [-0.25, -0.2) is 12.4 Å².